The van der Waals surface area contributed by atoms with Gasteiger partial charge in [-0.1, -0.05) is 20.8 Å². The maximum atomic E-state index is 10.4. The molecule has 2 heterocycles. The van der Waals surface area contributed by atoms with E-state index in [4.69, 9.17) is 23.4 Å². The Balaban J connectivity index is 2.12. The van der Waals surface area contributed by atoms with Crippen molar-refractivity contribution >= 4 is 8.32 Å². The standard InChI is InChI=1S/C18H36O6Si/c1-16(2,3)25(8,9)21-11-13-15(24-18(6,7)22-13)14-12(19)10-20-17(4,5)23-14/h12-15,19H,10-11H2,1-9H3/t12?,13-,14-,15?/m1/s1. The van der Waals surface area contributed by atoms with E-state index in [0.717, 1.165) is 0 Å². The van der Waals surface area contributed by atoms with Crippen LogP contribution in [0.15, 0.2) is 0 Å². The molecule has 2 fully saturated rings. The first kappa shape index (κ1) is 21.3. The highest BCUT2D eigenvalue weighted by atomic mass is 28.4. The normalized spacial score (nSPS) is 35.8. The second kappa shape index (κ2) is 6.85. The molecule has 0 saturated carbocycles. The van der Waals surface area contributed by atoms with Gasteiger partial charge in [0.25, 0.3) is 0 Å². The van der Waals surface area contributed by atoms with Gasteiger partial charge in [-0.05, 0) is 45.8 Å². The second-order valence-electron chi connectivity index (χ2n) is 9.57. The third-order valence-electron chi connectivity index (χ3n) is 5.36. The summed E-state index contributed by atoms with van der Waals surface area (Å²) in [5.41, 5.74) is 0. The van der Waals surface area contributed by atoms with Crippen molar-refractivity contribution < 1.29 is 28.5 Å². The highest BCUT2D eigenvalue weighted by molar-refractivity contribution is 6.74. The topological polar surface area (TPSA) is 66.4 Å². The van der Waals surface area contributed by atoms with Crippen LogP contribution in [0.3, 0.4) is 0 Å². The van der Waals surface area contributed by atoms with E-state index in [1.807, 2.05) is 27.7 Å². The molecule has 0 amide bonds. The molecule has 2 saturated heterocycles. The van der Waals surface area contributed by atoms with Crippen LogP contribution >= 0.6 is 0 Å². The molecule has 0 bridgehead atoms. The number of hydrogen-bond donors (Lipinski definition) is 1. The number of hydrogen-bond acceptors (Lipinski definition) is 6. The zero-order valence-electron chi connectivity index (χ0n) is 17.2. The number of aliphatic hydroxyl groups is 1. The van der Waals surface area contributed by atoms with Gasteiger partial charge in [0.15, 0.2) is 19.9 Å². The lowest BCUT2D eigenvalue weighted by Crippen LogP contribution is -2.56. The molecule has 6 nitrogen and oxygen atoms in total. The molecule has 7 heteroatoms. The van der Waals surface area contributed by atoms with Gasteiger partial charge in [0.05, 0.1) is 13.2 Å². The Bertz CT molecular complexity index is 471. The van der Waals surface area contributed by atoms with E-state index in [0.29, 0.717) is 6.61 Å². The van der Waals surface area contributed by atoms with Gasteiger partial charge in [-0.25, -0.2) is 0 Å². The van der Waals surface area contributed by atoms with E-state index in [2.05, 4.69) is 33.9 Å². The summed E-state index contributed by atoms with van der Waals surface area (Å²) >= 11 is 0. The average molecular weight is 377 g/mol. The summed E-state index contributed by atoms with van der Waals surface area (Å²) in [6.45, 7) is 19.1. The maximum absolute atomic E-state index is 10.4. The smallest absolute Gasteiger partial charge is 0.192 e. The van der Waals surface area contributed by atoms with Crippen molar-refractivity contribution in [3.05, 3.63) is 0 Å². The Labute approximate surface area is 153 Å². The fourth-order valence-electron chi connectivity index (χ4n) is 2.88. The molecule has 0 spiro atoms. The van der Waals surface area contributed by atoms with Crippen LogP contribution < -0.4 is 0 Å². The lowest BCUT2D eigenvalue weighted by Gasteiger charge is -2.42. The SMILES string of the molecule is CC1(C)OCC(O)[C@H](C2OC(C)(C)O[C@@H]2CO[Si](C)(C)C(C)(C)C)O1. The van der Waals surface area contributed by atoms with Crippen LogP contribution in [0, 0.1) is 0 Å². The monoisotopic (exact) mass is 376 g/mol. The van der Waals surface area contributed by atoms with Crippen molar-refractivity contribution in [2.24, 2.45) is 0 Å². The van der Waals surface area contributed by atoms with Gasteiger partial charge in [-0.15, -0.1) is 0 Å². The van der Waals surface area contributed by atoms with E-state index in [1.54, 1.807) is 0 Å². The third-order valence-corrected chi connectivity index (χ3v) is 9.86. The summed E-state index contributed by atoms with van der Waals surface area (Å²) in [4.78, 5) is 0. The highest BCUT2D eigenvalue weighted by Gasteiger charge is 2.52. The van der Waals surface area contributed by atoms with Crippen molar-refractivity contribution in [3.8, 4) is 0 Å². The van der Waals surface area contributed by atoms with Crippen LogP contribution in [0.2, 0.25) is 18.1 Å². The van der Waals surface area contributed by atoms with Crippen LogP contribution in [0.5, 0.6) is 0 Å². The zero-order valence-corrected chi connectivity index (χ0v) is 18.2. The molecule has 1 N–H and O–H groups in total. The molecule has 2 rings (SSSR count). The van der Waals surface area contributed by atoms with Crippen LogP contribution in [0.25, 0.3) is 0 Å². The van der Waals surface area contributed by atoms with Crippen LogP contribution in [0.1, 0.15) is 48.5 Å². The molecule has 25 heavy (non-hydrogen) atoms. The van der Waals surface area contributed by atoms with Gasteiger partial charge >= 0.3 is 0 Å². The van der Waals surface area contributed by atoms with Gasteiger partial charge in [-0.2, -0.15) is 0 Å². The molecule has 4 atom stereocenters. The van der Waals surface area contributed by atoms with Gasteiger partial charge < -0.3 is 28.5 Å². The van der Waals surface area contributed by atoms with E-state index < -0.39 is 38.2 Å². The molecular formula is C18H36O6Si. The molecule has 0 radical (unpaired) electrons. The molecule has 0 aromatic heterocycles. The Hall–Kier alpha value is -0.0231. The maximum Gasteiger partial charge on any atom is 0.192 e. The van der Waals surface area contributed by atoms with Gasteiger partial charge in [0.1, 0.15) is 24.4 Å². The minimum atomic E-state index is -1.91. The molecule has 148 valence electrons. The third kappa shape index (κ3) is 5.03. The van der Waals surface area contributed by atoms with E-state index in [9.17, 15) is 5.11 Å². The van der Waals surface area contributed by atoms with Gasteiger partial charge in [0, 0.05) is 0 Å². The minimum absolute atomic E-state index is 0.119. The van der Waals surface area contributed by atoms with E-state index >= 15 is 0 Å². The Morgan fingerprint density at radius 2 is 1.56 bits per heavy atom. The lowest BCUT2D eigenvalue weighted by molar-refractivity contribution is -0.322. The van der Waals surface area contributed by atoms with Gasteiger partial charge in [0.2, 0.25) is 0 Å². The first-order chi connectivity index (χ1) is 11.1. The van der Waals surface area contributed by atoms with Crippen molar-refractivity contribution in [2.75, 3.05) is 13.2 Å². The summed E-state index contributed by atoms with van der Waals surface area (Å²) in [7, 11) is -1.91. The Morgan fingerprint density at radius 3 is 2.12 bits per heavy atom. The van der Waals surface area contributed by atoms with Crippen molar-refractivity contribution in [1.82, 2.24) is 0 Å². The molecule has 0 aromatic rings. The summed E-state index contributed by atoms with van der Waals surface area (Å²) in [5, 5.41) is 10.5. The number of rotatable bonds is 4. The quantitative estimate of drug-likeness (QED) is 0.761. The summed E-state index contributed by atoms with van der Waals surface area (Å²) in [6, 6.07) is 0. The zero-order chi connectivity index (χ0) is 19.3. The summed E-state index contributed by atoms with van der Waals surface area (Å²) in [5.74, 6) is -1.50. The Morgan fingerprint density at radius 1 is 1.00 bits per heavy atom. The Kier molecular flexibility index (Phi) is 5.83. The van der Waals surface area contributed by atoms with E-state index in [-0.39, 0.29) is 17.7 Å². The molecule has 2 unspecified atom stereocenters. The fourth-order valence-corrected chi connectivity index (χ4v) is 3.90. The van der Waals surface area contributed by atoms with Gasteiger partial charge in [-0.3, -0.25) is 0 Å². The molecule has 0 aromatic carbocycles. The summed E-state index contributed by atoms with van der Waals surface area (Å²) in [6.07, 6.45) is -1.97. The van der Waals surface area contributed by atoms with Crippen molar-refractivity contribution in [2.45, 2.75) is 103 Å². The minimum Gasteiger partial charge on any atom is -0.414 e. The lowest BCUT2D eigenvalue weighted by atomic mass is 10.0. The second-order valence-corrected chi connectivity index (χ2v) is 14.4. The predicted molar refractivity (Wildman–Crippen MR) is 97.9 cm³/mol. The summed E-state index contributed by atoms with van der Waals surface area (Å²) < 4.78 is 30.0. The van der Waals surface area contributed by atoms with Crippen molar-refractivity contribution in [1.29, 1.82) is 0 Å². The van der Waals surface area contributed by atoms with Crippen LogP contribution in [-0.2, 0) is 23.4 Å². The first-order valence-corrected chi connectivity index (χ1v) is 12.0. The van der Waals surface area contributed by atoms with Crippen molar-refractivity contribution in [3.63, 3.8) is 0 Å². The van der Waals surface area contributed by atoms with Crippen LogP contribution in [0.4, 0.5) is 0 Å². The van der Waals surface area contributed by atoms with E-state index in [1.165, 1.54) is 0 Å². The number of aliphatic hydroxyl groups excluding tert-OH is 1. The number of ether oxygens (including phenoxy) is 4. The average Bonchev–Trinajstić information content (AvgIpc) is 2.73. The highest BCUT2D eigenvalue weighted by Crippen LogP contribution is 2.39. The van der Waals surface area contributed by atoms with Crippen LogP contribution in [-0.4, -0.2) is 62.6 Å². The largest absolute Gasteiger partial charge is 0.414 e. The molecule has 0 aliphatic carbocycles. The predicted octanol–water partition coefficient (Wildman–Crippen LogP) is 3.04. The molecular weight excluding hydrogens is 340 g/mol. The fraction of sp³-hybridized carbons (Fsp3) is 1.00. The molecule has 2 aliphatic rings. The first-order valence-electron chi connectivity index (χ1n) is 9.13. The molecule has 2 aliphatic heterocycles.